The summed E-state index contributed by atoms with van der Waals surface area (Å²) in [6, 6.07) is 12.3. The number of phenols is 1. The van der Waals surface area contributed by atoms with Crippen LogP contribution in [-0.4, -0.2) is 45.0 Å². The van der Waals surface area contributed by atoms with Gasteiger partial charge in [0, 0.05) is 24.1 Å². The number of methoxy groups -OCH3 is 1. The zero-order valence-electron chi connectivity index (χ0n) is 25.4. The first kappa shape index (κ1) is 35.2. The highest BCUT2D eigenvalue weighted by Gasteiger charge is 2.23. The van der Waals surface area contributed by atoms with Crippen LogP contribution in [0.1, 0.15) is 79.5 Å². The first-order valence-electron chi connectivity index (χ1n) is 14.5. The molecule has 0 fully saturated rings. The molecular weight excluding hydrogens is 624 g/mol. The quantitative estimate of drug-likeness (QED) is 0.0851. The third-order valence-electron chi connectivity index (χ3n) is 6.65. The Labute approximate surface area is 267 Å². The van der Waals surface area contributed by atoms with E-state index in [9.17, 15) is 27.9 Å². The number of halogens is 1. The Morgan fingerprint density at radius 2 is 1.58 bits per heavy atom. The molecule has 0 bridgehead atoms. The van der Waals surface area contributed by atoms with Crippen LogP contribution in [0.3, 0.4) is 0 Å². The standard InChI is InChI=1S/C32H37ClN2O9S/c1-4-6-7-8-9-10-17-43-32(39)25-20-24(45(40,41)35-29(36)5-2)15-16-28(25)44-23-18-26(33)30(37)27(19-23)34-31(38)21-11-13-22(42-3)14-12-21/h11-16,18-20,37H,4-10,17H2,1-3H3,(H,34,38)(H,35,36). The fourth-order valence-electron chi connectivity index (χ4n) is 4.12. The molecule has 0 aliphatic heterocycles. The van der Waals surface area contributed by atoms with Gasteiger partial charge in [-0.05, 0) is 48.9 Å². The molecule has 3 N–H and O–H groups in total. The first-order valence-corrected chi connectivity index (χ1v) is 16.4. The number of ether oxygens (including phenoxy) is 3. The van der Waals surface area contributed by atoms with E-state index < -0.39 is 33.6 Å². The number of carbonyl (C=O) groups is 3. The van der Waals surface area contributed by atoms with Gasteiger partial charge in [-0.1, -0.05) is 57.6 Å². The summed E-state index contributed by atoms with van der Waals surface area (Å²) in [6.07, 6.45) is 5.76. The van der Waals surface area contributed by atoms with E-state index in [1.807, 2.05) is 4.72 Å². The summed E-state index contributed by atoms with van der Waals surface area (Å²) >= 11 is 6.22. The van der Waals surface area contributed by atoms with Crippen LogP contribution in [0.25, 0.3) is 0 Å². The van der Waals surface area contributed by atoms with E-state index in [2.05, 4.69) is 12.2 Å². The van der Waals surface area contributed by atoms with Gasteiger partial charge < -0.3 is 24.6 Å². The molecule has 2 amide bonds. The molecule has 0 atom stereocenters. The fourth-order valence-corrected chi connectivity index (χ4v) is 5.41. The molecule has 242 valence electrons. The number of aromatic hydroxyl groups is 1. The maximum Gasteiger partial charge on any atom is 0.341 e. The van der Waals surface area contributed by atoms with Crippen molar-refractivity contribution in [3.63, 3.8) is 0 Å². The van der Waals surface area contributed by atoms with Gasteiger partial charge in [0.2, 0.25) is 5.91 Å². The second-order valence-corrected chi connectivity index (χ2v) is 12.1. The van der Waals surface area contributed by atoms with Crippen LogP contribution in [0.5, 0.6) is 23.0 Å². The van der Waals surface area contributed by atoms with Gasteiger partial charge >= 0.3 is 5.97 Å². The molecular formula is C32H37ClN2O9S. The zero-order valence-corrected chi connectivity index (χ0v) is 26.9. The molecule has 0 unspecified atom stereocenters. The number of esters is 1. The molecule has 45 heavy (non-hydrogen) atoms. The van der Waals surface area contributed by atoms with Crippen molar-refractivity contribution in [2.45, 2.75) is 63.7 Å². The average Bonchev–Trinajstić information content (AvgIpc) is 3.02. The van der Waals surface area contributed by atoms with Crippen LogP contribution in [0.15, 0.2) is 59.5 Å². The minimum atomic E-state index is -4.29. The number of unbranched alkanes of at least 4 members (excludes halogenated alkanes) is 5. The second kappa shape index (κ2) is 16.7. The molecule has 0 heterocycles. The van der Waals surface area contributed by atoms with Crippen molar-refractivity contribution in [2.75, 3.05) is 19.0 Å². The molecule has 0 aliphatic carbocycles. The van der Waals surface area contributed by atoms with Crippen LogP contribution in [0.4, 0.5) is 5.69 Å². The van der Waals surface area contributed by atoms with Crippen molar-refractivity contribution >= 4 is 45.1 Å². The summed E-state index contributed by atoms with van der Waals surface area (Å²) in [5.41, 5.74) is -0.0205. The second-order valence-electron chi connectivity index (χ2n) is 10.0. The Kier molecular flexibility index (Phi) is 13.1. The van der Waals surface area contributed by atoms with Crippen molar-refractivity contribution in [1.29, 1.82) is 0 Å². The Morgan fingerprint density at radius 1 is 0.889 bits per heavy atom. The highest BCUT2D eigenvalue weighted by molar-refractivity contribution is 7.90. The van der Waals surface area contributed by atoms with Crippen LogP contribution < -0.4 is 19.5 Å². The molecule has 3 aromatic carbocycles. The van der Waals surface area contributed by atoms with Crippen molar-refractivity contribution in [3.05, 3.63) is 70.7 Å². The molecule has 0 aliphatic rings. The topological polar surface area (TPSA) is 157 Å². The summed E-state index contributed by atoms with van der Waals surface area (Å²) < 4.78 is 44.0. The number of rotatable bonds is 16. The maximum atomic E-state index is 13.2. The lowest BCUT2D eigenvalue weighted by molar-refractivity contribution is -0.119. The molecule has 3 rings (SSSR count). The number of phenolic OH excluding ortho intramolecular Hbond substituents is 1. The Balaban J connectivity index is 1.89. The van der Waals surface area contributed by atoms with E-state index in [1.54, 1.807) is 12.1 Å². The van der Waals surface area contributed by atoms with Crippen molar-refractivity contribution in [1.82, 2.24) is 4.72 Å². The van der Waals surface area contributed by atoms with E-state index in [1.165, 1.54) is 50.4 Å². The van der Waals surface area contributed by atoms with Crippen LogP contribution in [-0.2, 0) is 19.6 Å². The molecule has 0 radical (unpaired) electrons. The van der Waals surface area contributed by atoms with Gasteiger partial charge in [-0.25, -0.2) is 17.9 Å². The molecule has 0 spiro atoms. The number of hydrogen-bond acceptors (Lipinski definition) is 9. The lowest BCUT2D eigenvalue weighted by Gasteiger charge is -2.15. The predicted octanol–water partition coefficient (Wildman–Crippen LogP) is 6.83. The molecule has 0 saturated heterocycles. The lowest BCUT2D eigenvalue weighted by atomic mass is 10.1. The number of anilines is 1. The van der Waals surface area contributed by atoms with Gasteiger partial charge in [-0.2, -0.15) is 0 Å². The summed E-state index contributed by atoms with van der Waals surface area (Å²) in [5.74, 6) is -2.04. The molecule has 0 aromatic heterocycles. The molecule has 3 aromatic rings. The van der Waals surface area contributed by atoms with Crippen molar-refractivity contribution in [3.8, 4) is 23.0 Å². The number of sulfonamides is 1. The number of nitrogens with one attached hydrogen (secondary N) is 2. The summed E-state index contributed by atoms with van der Waals surface area (Å²) in [7, 11) is -2.79. The van der Waals surface area contributed by atoms with Gasteiger partial charge in [0.05, 0.1) is 29.3 Å². The number of carbonyl (C=O) groups excluding carboxylic acids is 3. The van der Waals surface area contributed by atoms with E-state index >= 15 is 0 Å². The first-order chi connectivity index (χ1) is 21.5. The van der Waals surface area contributed by atoms with Gasteiger partial charge in [0.1, 0.15) is 22.8 Å². The predicted molar refractivity (Wildman–Crippen MR) is 170 cm³/mol. The summed E-state index contributed by atoms with van der Waals surface area (Å²) in [4.78, 5) is 37.5. The molecule has 11 nitrogen and oxygen atoms in total. The van der Waals surface area contributed by atoms with Gasteiger partial charge in [-0.15, -0.1) is 0 Å². The Morgan fingerprint density at radius 3 is 2.24 bits per heavy atom. The monoisotopic (exact) mass is 660 g/mol. The third-order valence-corrected chi connectivity index (χ3v) is 8.31. The maximum absolute atomic E-state index is 13.2. The summed E-state index contributed by atoms with van der Waals surface area (Å²) in [6.45, 7) is 3.73. The number of hydrogen-bond donors (Lipinski definition) is 3. The molecule has 0 saturated carbocycles. The number of benzene rings is 3. The van der Waals surface area contributed by atoms with Crippen molar-refractivity contribution < 1.29 is 42.1 Å². The summed E-state index contributed by atoms with van der Waals surface area (Å²) in [5, 5.41) is 12.9. The van der Waals surface area contributed by atoms with E-state index in [0.717, 1.165) is 38.2 Å². The largest absolute Gasteiger partial charge is 0.504 e. The van der Waals surface area contributed by atoms with Crippen LogP contribution in [0, 0.1) is 0 Å². The normalized spacial score (nSPS) is 11.0. The fraction of sp³-hybridized carbons (Fsp3) is 0.344. The van der Waals surface area contributed by atoms with Crippen molar-refractivity contribution in [2.24, 2.45) is 0 Å². The average molecular weight is 661 g/mol. The highest BCUT2D eigenvalue weighted by Crippen LogP contribution is 2.39. The zero-order chi connectivity index (χ0) is 33.0. The van der Waals surface area contributed by atoms with E-state index in [4.69, 9.17) is 25.8 Å². The SMILES string of the molecule is CCCCCCCCOC(=O)c1cc(S(=O)(=O)NC(=O)CC)ccc1Oc1cc(Cl)c(O)c(NC(=O)c2ccc(OC)cc2)c1. The smallest absolute Gasteiger partial charge is 0.341 e. The Bertz CT molecular complexity index is 1610. The van der Waals surface area contributed by atoms with E-state index in [0.29, 0.717) is 12.2 Å². The molecule has 13 heteroatoms. The number of amides is 2. The minimum absolute atomic E-state index is 0.0164. The third kappa shape index (κ3) is 10.1. The lowest BCUT2D eigenvalue weighted by Crippen LogP contribution is -2.30. The van der Waals surface area contributed by atoms with Crippen LogP contribution >= 0.6 is 11.6 Å². The van der Waals surface area contributed by atoms with Gasteiger partial charge in [-0.3, -0.25) is 9.59 Å². The minimum Gasteiger partial charge on any atom is -0.504 e. The highest BCUT2D eigenvalue weighted by atomic mass is 35.5. The van der Waals surface area contributed by atoms with Gasteiger partial charge in [0.25, 0.3) is 15.9 Å². The Hall–Kier alpha value is -4.29. The van der Waals surface area contributed by atoms with E-state index in [-0.39, 0.29) is 51.3 Å². The van der Waals surface area contributed by atoms with Gasteiger partial charge in [0.15, 0.2) is 5.75 Å². The van der Waals surface area contributed by atoms with Crippen LogP contribution in [0.2, 0.25) is 5.02 Å².